The predicted molar refractivity (Wildman–Crippen MR) is 88.4 cm³/mol. The second kappa shape index (κ2) is 7.39. The van der Waals surface area contributed by atoms with Crippen molar-refractivity contribution in [2.24, 2.45) is 5.10 Å². The lowest BCUT2D eigenvalue weighted by Gasteiger charge is -2.06. The lowest BCUT2D eigenvalue weighted by atomic mass is 10.2. The monoisotopic (exact) mass is 341 g/mol. The molecule has 0 radical (unpaired) electrons. The van der Waals surface area contributed by atoms with Crippen LogP contribution in [0.2, 0.25) is 0 Å². The summed E-state index contributed by atoms with van der Waals surface area (Å²) in [5.74, 6) is 0.458. The molecule has 2 aromatic rings. The van der Waals surface area contributed by atoms with Crippen molar-refractivity contribution in [3.05, 3.63) is 42.5 Å². The molecular weight excluding hydrogens is 326 g/mol. The average molecular weight is 341 g/mol. The fourth-order valence-corrected chi connectivity index (χ4v) is 2.07. The maximum atomic E-state index is 12.0. The van der Waals surface area contributed by atoms with Gasteiger partial charge < -0.3 is 14.8 Å². The van der Waals surface area contributed by atoms with Crippen LogP contribution in [0.4, 0.5) is 5.69 Å². The Morgan fingerprint density at radius 3 is 2.88 bits per heavy atom. The summed E-state index contributed by atoms with van der Waals surface area (Å²) < 4.78 is 10.5. The molecule has 2 amide bonds. The number of aromatic nitrogens is 2. The van der Waals surface area contributed by atoms with Crippen molar-refractivity contribution in [1.29, 1.82) is 0 Å². The fourth-order valence-electron chi connectivity index (χ4n) is 2.07. The Morgan fingerprint density at radius 1 is 1.24 bits per heavy atom. The smallest absolute Gasteiger partial charge is 0.291 e. The molecule has 0 spiro atoms. The molecule has 1 aromatic heterocycles. The number of carbonyl (C=O) groups is 2. The Balaban J connectivity index is 1.52. The van der Waals surface area contributed by atoms with Crippen LogP contribution in [0.3, 0.4) is 0 Å². The Labute approximate surface area is 143 Å². The van der Waals surface area contributed by atoms with E-state index in [1.165, 1.54) is 18.6 Å². The van der Waals surface area contributed by atoms with E-state index in [1.807, 2.05) is 0 Å². The molecule has 0 fully saturated rings. The zero-order valence-corrected chi connectivity index (χ0v) is 13.4. The number of hydrazone groups is 1. The van der Waals surface area contributed by atoms with Crippen LogP contribution >= 0.6 is 0 Å². The van der Waals surface area contributed by atoms with Gasteiger partial charge in [0.2, 0.25) is 12.7 Å². The van der Waals surface area contributed by atoms with E-state index in [0.29, 0.717) is 22.9 Å². The number of hydrogen-bond acceptors (Lipinski definition) is 7. The van der Waals surface area contributed by atoms with Crippen LogP contribution in [0.1, 0.15) is 23.8 Å². The molecule has 2 heterocycles. The summed E-state index contributed by atoms with van der Waals surface area (Å²) in [7, 11) is 0. The van der Waals surface area contributed by atoms with Crippen molar-refractivity contribution in [3.8, 4) is 11.5 Å². The molecule has 0 saturated heterocycles. The van der Waals surface area contributed by atoms with Crippen molar-refractivity contribution in [1.82, 2.24) is 15.4 Å². The van der Waals surface area contributed by atoms with E-state index in [9.17, 15) is 9.59 Å². The van der Waals surface area contributed by atoms with Crippen LogP contribution in [-0.2, 0) is 4.79 Å². The van der Waals surface area contributed by atoms with Gasteiger partial charge in [0.1, 0.15) is 5.69 Å². The zero-order valence-electron chi connectivity index (χ0n) is 13.4. The number of anilines is 1. The molecule has 0 aliphatic carbocycles. The Bertz CT molecular complexity index is 823. The second-order valence-electron chi connectivity index (χ2n) is 5.17. The molecule has 25 heavy (non-hydrogen) atoms. The van der Waals surface area contributed by atoms with Crippen LogP contribution in [0.25, 0.3) is 0 Å². The summed E-state index contributed by atoms with van der Waals surface area (Å²) in [4.78, 5) is 31.5. The van der Waals surface area contributed by atoms with Gasteiger partial charge in [0.15, 0.2) is 11.5 Å². The number of amides is 2. The molecule has 1 aromatic carbocycles. The van der Waals surface area contributed by atoms with Crippen molar-refractivity contribution in [2.75, 3.05) is 12.1 Å². The highest BCUT2D eigenvalue weighted by Gasteiger charge is 2.14. The van der Waals surface area contributed by atoms with Gasteiger partial charge in [0.25, 0.3) is 5.91 Å². The van der Waals surface area contributed by atoms with E-state index in [0.717, 1.165) is 0 Å². The van der Waals surface area contributed by atoms with E-state index >= 15 is 0 Å². The minimum absolute atomic E-state index is 0.0230. The molecular formula is C16H15N5O4. The van der Waals surface area contributed by atoms with Gasteiger partial charge in [-0.2, -0.15) is 5.10 Å². The summed E-state index contributed by atoms with van der Waals surface area (Å²) >= 11 is 0. The SMILES string of the molecule is C/C(CC(=O)Nc1ccc2c(c1)OCO2)=N\NC(=O)c1cnccn1. The molecule has 1 aliphatic rings. The highest BCUT2D eigenvalue weighted by atomic mass is 16.7. The molecule has 128 valence electrons. The number of benzene rings is 1. The molecule has 0 unspecified atom stereocenters. The number of ether oxygens (including phenoxy) is 2. The number of rotatable bonds is 5. The van der Waals surface area contributed by atoms with Gasteiger partial charge in [-0.3, -0.25) is 14.6 Å². The number of carbonyl (C=O) groups excluding carboxylic acids is 2. The van der Waals surface area contributed by atoms with Gasteiger partial charge in [-0.25, -0.2) is 10.4 Å². The standard InChI is InChI=1S/C16H15N5O4/c1-10(20-21-16(23)12-8-17-4-5-18-12)6-15(22)19-11-2-3-13-14(7-11)25-9-24-13/h2-5,7-8H,6,9H2,1H3,(H,19,22)(H,21,23)/b20-10+. The Kier molecular flexibility index (Phi) is 4.84. The summed E-state index contributed by atoms with van der Waals surface area (Å²) in [5, 5.41) is 6.62. The van der Waals surface area contributed by atoms with Crippen LogP contribution in [0.15, 0.2) is 41.9 Å². The number of hydrogen-bond donors (Lipinski definition) is 2. The first-order valence-electron chi connectivity index (χ1n) is 7.41. The summed E-state index contributed by atoms with van der Waals surface area (Å²) in [5.41, 5.74) is 3.50. The molecule has 1 aliphatic heterocycles. The first kappa shape index (κ1) is 16.4. The predicted octanol–water partition coefficient (Wildman–Crippen LogP) is 1.34. The van der Waals surface area contributed by atoms with Gasteiger partial charge >= 0.3 is 0 Å². The molecule has 3 rings (SSSR count). The van der Waals surface area contributed by atoms with Crippen LogP contribution in [0.5, 0.6) is 11.5 Å². The number of nitrogens with zero attached hydrogens (tertiary/aromatic N) is 3. The van der Waals surface area contributed by atoms with E-state index in [2.05, 4.69) is 25.8 Å². The minimum atomic E-state index is -0.497. The third kappa shape index (κ3) is 4.28. The van der Waals surface area contributed by atoms with Gasteiger partial charge in [0, 0.05) is 29.9 Å². The van der Waals surface area contributed by atoms with E-state index in [-0.39, 0.29) is 24.8 Å². The summed E-state index contributed by atoms with van der Waals surface area (Å²) in [6.07, 6.45) is 4.22. The van der Waals surface area contributed by atoms with Crippen molar-refractivity contribution in [2.45, 2.75) is 13.3 Å². The molecule has 0 atom stereocenters. The van der Waals surface area contributed by atoms with Gasteiger partial charge in [-0.1, -0.05) is 0 Å². The molecule has 9 nitrogen and oxygen atoms in total. The van der Waals surface area contributed by atoms with Gasteiger partial charge in [-0.05, 0) is 19.1 Å². The first-order valence-corrected chi connectivity index (χ1v) is 7.41. The van der Waals surface area contributed by atoms with Crippen molar-refractivity contribution in [3.63, 3.8) is 0 Å². The molecule has 2 N–H and O–H groups in total. The van der Waals surface area contributed by atoms with Crippen molar-refractivity contribution < 1.29 is 19.1 Å². The van der Waals surface area contributed by atoms with Gasteiger partial charge in [-0.15, -0.1) is 0 Å². The molecule has 9 heteroatoms. The summed E-state index contributed by atoms with van der Waals surface area (Å²) in [6.45, 7) is 1.81. The van der Waals surface area contributed by atoms with E-state index < -0.39 is 5.91 Å². The number of fused-ring (bicyclic) bond motifs is 1. The zero-order chi connectivity index (χ0) is 17.6. The fraction of sp³-hybridized carbons (Fsp3) is 0.188. The van der Waals surface area contributed by atoms with Crippen LogP contribution in [0, 0.1) is 0 Å². The average Bonchev–Trinajstić information content (AvgIpc) is 3.08. The Hall–Kier alpha value is -3.49. The topological polar surface area (TPSA) is 115 Å². The highest BCUT2D eigenvalue weighted by Crippen LogP contribution is 2.34. The minimum Gasteiger partial charge on any atom is -0.454 e. The highest BCUT2D eigenvalue weighted by molar-refractivity contribution is 6.06. The largest absolute Gasteiger partial charge is 0.454 e. The first-order chi connectivity index (χ1) is 12.1. The van der Waals surface area contributed by atoms with Gasteiger partial charge in [0.05, 0.1) is 12.6 Å². The molecule has 0 bridgehead atoms. The van der Waals surface area contributed by atoms with Crippen LogP contribution < -0.4 is 20.2 Å². The third-order valence-electron chi connectivity index (χ3n) is 3.22. The molecule has 0 saturated carbocycles. The lowest BCUT2D eigenvalue weighted by Crippen LogP contribution is -2.22. The maximum Gasteiger partial charge on any atom is 0.291 e. The Morgan fingerprint density at radius 2 is 2.08 bits per heavy atom. The summed E-state index contributed by atoms with van der Waals surface area (Å²) in [6, 6.07) is 5.12. The van der Waals surface area contributed by atoms with Crippen molar-refractivity contribution >= 4 is 23.2 Å². The lowest BCUT2D eigenvalue weighted by molar-refractivity contribution is -0.115. The number of nitrogens with one attached hydrogen (secondary N) is 2. The van der Waals surface area contributed by atoms with E-state index in [1.54, 1.807) is 25.1 Å². The van der Waals surface area contributed by atoms with Crippen LogP contribution in [-0.4, -0.2) is 34.3 Å². The normalized spacial score (nSPS) is 12.6. The van der Waals surface area contributed by atoms with E-state index in [4.69, 9.17) is 9.47 Å². The maximum absolute atomic E-state index is 12.0. The third-order valence-corrected chi connectivity index (χ3v) is 3.22. The second-order valence-corrected chi connectivity index (χ2v) is 5.17. The quantitative estimate of drug-likeness (QED) is 0.626.